The van der Waals surface area contributed by atoms with Gasteiger partial charge in [0.05, 0.1) is 40.0 Å². The van der Waals surface area contributed by atoms with E-state index in [9.17, 15) is 33.6 Å². The van der Waals surface area contributed by atoms with Crippen LogP contribution < -0.4 is 0 Å². The van der Waals surface area contributed by atoms with Crippen molar-refractivity contribution in [3.63, 3.8) is 0 Å². The van der Waals surface area contributed by atoms with Crippen LogP contribution in [0.5, 0.6) is 0 Å². The van der Waals surface area contributed by atoms with E-state index in [-0.39, 0.29) is 33.4 Å². The molecule has 0 spiro atoms. The summed E-state index contributed by atoms with van der Waals surface area (Å²) < 4.78 is 58.5. The van der Waals surface area contributed by atoms with Crippen molar-refractivity contribution < 1.29 is 27.5 Å². The van der Waals surface area contributed by atoms with Crippen LogP contribution in [0.2, 0.25) is 0 Å². The van der Waals surface area contributed by atoms with E-state index < -0.39 is 24.0 Å². The summed E-state index contributed by atoms with van der Waals surface area (Å²) in [6.45, 7) is 0. The molecule has 46 heavy (non-hydrogen) atoms. The monoisotopic (exact) mass is 633 g/mol. The fourth-order valence-electron chi connectivity index (χ4n) is 5.35. The summed E-state index contributed by atoms with van der Waals surface area (Å²) in [5.74, 6) is -2.59. The van der Waals surface area contributed by atoms with Crippen molar-refractivity contribution in [1.29, 1.82) is 10.5 Å². The van der Waals surface area contributed by atoms with Gasteiger partial charge in [-0.2, -0.15) is 10.5 Å². The summed E-state index contributed by atoms with van der Waals surface area (Å²) in [6.07, 6.45) is -2.66. The third-order valence-electron chi connectivity index (χ3n) is 7.43. The first kappa shape index (κ1) is 30.2. The van der Waals surface area contributed by atoms with Crippen molar-refractivity contribution in [3.05, 3.63) is 137 Å². The summed E-state index contributed by atoms with van der Waals surface area (Å²) in [7, 11) is 0. The standard InChI is InChI=1S/C36H19F4N3O2S/c37-26-10-14-31-29(17-26)33(32-24(18-41)5-2-6-25(32)19-42)34(43(31)46-27-11-7-20(8-12-27)35(39)40)22-4-1-3-21(15-22)28-13-9-23(36(44)45)16-30(28)38/h1-17,35H,(H,44,45). The van der Waals surface area contributed by atoms with Crippen LogP contribution in [0, 0.1) is 34.3 Å². The Bertz CT molecular complexity index is 2220. The molecule has 0 fully saturated rings. The number of halogens is 4. The molecule has 0 aliphatic rings. The SMILES string of the molecule is N#Cc1cccc(C#N)c1-c1c(-c2cccc(-c3ccc(C(=O)O)cc3F)c2)n(Sc2ccc(C(F)F)cc2)c2ccc(F)cc12. The van der Waals surface area contributed by atoms with Crippen molar-refractivity contribution in [2.24, 2.45) is 0 Å². The number of carboxylic acid groups (broad SMARTS) is 1. The number of benzene rings is 5. The van der Waals surface area contributed by atoms with Gasteiger partial charge in [-0.3, -0.25) is 3.97 Å². The van der Waals surface area contributed by atoms with Gasteiger partial charge in [0.2, 0.25) is 0 Å². The minimum Gasteiger partial charge on any atom is -0.478 e. The summed E-state index contributed by atoms with van der Waals surface area (Å²) in [6, 6.07) is 29.0. The summed E-state index contributed by atoms with van der Waals surface area (Å²) >= 11 is 1.16. The maximum absolute atomic E-state index is 15.2. The molecule has 0 saturated carbocycles. The van der Waals surface area contributed by atoms with Crippen molar-refractivity contribution in [2.75, 3.05) is 0 Å². The molecule has 224 valence electrons. The van der Waals surface area contributed by atoms with Gasteiger partial charge in [-0.05, 0) is 78.2 Å². The quantitative estimate of drug-likeness (QED) is 0.177. The Hall–Kier alpha value is -5.84. The van der Waals surface area contributed by atoms with Gasteiger partial charge in [0.25, 0.3) is 6.43 Å². The average Bonchev–Trinajstić information content (AvgIpc) is 3.36. The highest BCUT2D eigenvalue weighted by molar-refractivity contribution is 7.98. The lowest BCUT2D eigenvalue weighted by Gasteiger charge is -2.15. The van der Waals surface area contributed by atoms with Crippen LogP contribution in [-0.4, -0.2) is 15.0 Å². The summed E-state index contributed by atoms with van der Waals surface area (Å²) in [4.78, 5) is 12.0. The molecule has 0 aliphatic heterocycles. The van der Waals surface area contributed by atoms with Gasteiger partial charge in [-0.15, -0.1) is 0 Å². The normalized spacial score (nSPS) is 11.0. The van der Waals surface area contributed by atoms with Crippen molar-refractivity contribution in [1.82, 2.24) is 3.97 Å². The number of fused-ring (bicyclic) bond motifs is 1. The Morgan fingerprint density at radius 1 is 0.783 bits per heavy atom. The molecule has 6 aromatic rings. The first-order valence-electron chi connectivity index (χ1n) is 13.7. The zero-order valence-corrected chi connectivity index (χ0v) is 24.3. The molecule has 0 atom stereocenters. The van der Waals surface area contributed by atoms with Gasteiger partial charge in [0.15, 0.2) is 0 Å². The highest BCUT2D eigenvalue weighted by Crippen LogP contribution is 2.47. The van der Waals surface area contributed by atoms with Crippen LogP contribution in [0.3, 0.4) is 0 Å². The van der Waals surface area contributed by atoms with Crippen molar-refractivity contribution in [2.45, 2.75) is 11.3 Å². The number of aromatic carboxylic acids is 1. The van der Waals surface area contributed by atoms with E-state index in [1.807, 2.05) is 0 Å². The van der Waals surface area contributed by atoms with Crippen LogP contribution in [0.1, 0.15) is 33.5 Å². The number of alkyl halides is 2. The maximum atomic E-state index is 15.2. The van der Waals surface area contributed by atoms with Gasteiger partial charge < -0.3 is 5.11 Å². The number of nitriles is 2. The van der Waals surface area contributed by atoms with Crippen LogP contribution >= 0.6 is 11.9 Å². The second kappa shape index (κ2) is 12.3. The fraction of sp³-hybridized carbons (Fsp3) is 0.0278. The number of aromatic nitrogens is 1. The third kappa shape index (κ3) is 5.47. The molecule has 0 unspecified atom stereocenters. The Morgan fingerprint density at radius 2 is 1.46 bits per heavy atom. The van der Waals surface area contributed by atoms with Gasteiger partial charge in [-0.1, -0.05) is 42.5 Å². The van der Waals surface area contributed by atoms with Crippen LogP contribution in [-0.2, 0) is 0 Å². The van der Waals surface area contributed by atoms with E-state index in [2.05, 4.69) is 12.1 Å². The van der Waals surface area contributed by atoms with E-state index in [1.165, 1.54) is 48.5 Å². The smallest absolute Gasteiger partial charge is 0.335 e. The fourth-order valence-corrected chi connectivity index (χ4v) is 6.36. The predicted molar refractivity (Wildman–Crippen MR) is 167 cm³/mol. The number of rotatable bonds is 7. The third-order valence-corrected chi connectivity index (χ3v) is 8.48. The number of carbonyl (C=O) groups is 1. The topological polar surface area (TPSA) is 89.8 Å². The van der Waals surface area contributed by atoms with Gasteiger partial charge in [0.1, 0.15) is 11.6 Å². The van der Waals surface area contributed by atoms with Crippen LogP contribution in [0.25, 0.3) is 44.4 Å². The number of nitrogens with zero attached hydrogens (tertiary/aromatic N) is 3. The zero-order valence-electron chi connectivity index (χ0n) is 23.5. The van der Waals surface area contributed by atoms with Gasteiger partial charge >= 0.3 is 5.97 Å². The molecule has 0 aliphatic carbocycles. The Labute approximate surface area is 264 Å². The first-order valence-corrected chi connectivity index (χ1v) is 14.4. The molecular formula is C36H19F4N3O2S. The van der Waals surface area contributed by atoms with Crippen LogP contribution in [0.15, 0.2) is 108 Å². The molecule has 10 heteroatoms. The molecule has 0 amide bonds. The molecule has 0 saturated heterocycles. The first-order chi connectivity index (χ1) is 22.2. The molecule has 5 aromatic carbocycles. The lowest BCUT2D eigenvalue weighted by molar-refractivity contribution is 0.0696. The molecule has 0 radical (unpaired) electrons. The Morgan fingerprint density at radius 3 is 2.09 bits per heavy atom. The Kier molecular flexibility index (Phi) is 8.06. The van der Waals surface area contributed by atoms with E-state index in [0.717, 1.165) is 18.0 Å². The minimum absolute atomic E-state index is 0.132. The molecule has 0 bridgehead atoms. The molecule has 6 rings (SSSR count). The largest absolute Gasteiger partial charge is 0.478 e. The van der Waals surface area contributed by atoms with Gasteiger partial charge in [-0.25, -0.2) is 22.4 Å². The molecule has 1 aromatic heterocycles. The summed E-state index contributed by atoms with van der Waals surface area (Å²) in [5.41, 5.74) is 2.59. The molecule has 1 N–H and O–H groups in total. The maximum Gasteiger partial charge on any atom is 0.335 e. The van der Waals surface area contributed by atoms with E-state index in [1.54, 1.807) is 52.5 Å². The lowest BCUT2D eigenvalue weighted by atomic mass is 9.90. The minimum atomic E-state index is -2.66. The Balaban J connectivity index is 1.68. The van der Waals surface area contributed by atoms with Gasteiger partial charge in [0, 0.05) is 38.1 Å². The van der Waals surface area contributed by atoms with Crippen molar-refractivity contribution in [3.8, 4) is 45.6 Å². The number of hydrogen-bond acceptors (Lipinski definition) is 4. The molecule has 5 nitrogen and oxygen atoms in total. The van der Waals surface area contributed by atoms with Crippen molar-refractivity contribution >= 4 is 28.8 Å². The second-order valence-electron chi connectivity index (χ2n) is 10.2. The van der Waals surface area contributed by atoms with E-state index in [4.69, 9.17) is 0 Å². The number of carboxylic acids is 1. The lowest BCUT2D eigenvalue weighted by Crippen LogP contribution is -1.98. The zero-order chi connectivity index (χ0) is 32.5. The van der Waals surface area contributed by atoms with E-state index in [0.29, 0.717) is 38.2 Å². The predicted octanol–water partition coefficient (Wildman–Crippen LogP) is 9.86. The van der Waals surface area contributed by atoms with E-state index >= 15 is 4.39 Å². The van der Waals surface area contributed by atoms with Crippen LogP contribution in [0.4, 0.5) is 17.6 Å². The molecular weight excluding hydrogens is 614 g/mol. The number of hydrogen-bond donors (Lipinski definition) is 1. The summed E-state index contributed by atoms with van der Waals surface area (Å²) in [5, 5.41) is 29.9. The second-order valence-corrected chi connectivity index (χ2v) is 11.2. The molecule has 1 heterocycles. The highest BCUT2D eigenvalue weighted by atomic mass is 32.2. The highest BCUT2D eigenvalue weighted by Gasteiger charge is 2.26. The average molecular weight is 634 g/mol.